The summed E-state index contributed by atoms with van der Waals surface area (Å²) in [5, 5.41) is 14.8. The predicted molar refractivity (Wildman–Crippen MR) is 28.4 cm³/mol. The molecule has 0 aliphatic heterocycles. The van der Waals surface area contributed by atoms with E-state index in [4.69, 9.17) is 15.3 Å². The molecule has 0 heterocycles. The van der Waals surface area contributed by atoms with Gasteiger partial charge >= 0.3 is 38.2 Å². The molecule has 10 heteroatoms. The fourth-order valence-electron chi connectivity index (χ4n) is 0. The molecule has 10 heavy (non-hydrogen) atoms. The van der Waals surface area contributed by atoms with Gasteiger partial charge in [-0.1, -0.05) is 0 Å². The second kappa shape index (κ2) is 59.2. The minimum Gasteiger partial charge on any atom is -0.412 e. The van der Waals surface area contributed by atoms with Crippen molar-refractivity contribution < 1.29 is 70.6 Å². The molecule has 0 bridgehead atoms. The van der Waals surface area contributed by atoms with Crippen LogP contribution in [0.2, 0.25) is 0 Å². The normalized spacial score (nSPS) is 2.40. The van der Waals surface area contributed by atoms with Crippen molar-refractivity contribution in [3.63, 3.8) is 0 Å². The summed E-state index contributed by atoms with van der Waals surface area (Å²) in [7, 11) is 0. The maximum Gasteiger partial charge on any atom is 3.00 e. The number of rotatable bonds is 0. The molecule has 0 atom stereocenters. The van der Waals surface area contributed by atoms with Crippen LogP contribution in [0.15, 0.2) is 0 Å². The summed E-state index contributed by atoms with van der Waals surface area (Å²) < 4.78 is 0. The van der Waals surface area contributed by atoms with Crippen LogP contribution in [-0.4, -0.2) is 32.5 Å². The summed E-state index contributed by atoms with van der Waals surface area (Å²) in [6.07, 6.45) is 0. The van der Waals surface area contributed by atoms with Crippen LogP contribution in [0.3, 0.4) is 0 Å². The van der Waals surface area contributed by atoms with E-state index in [0.717, 1.165) is 0 Å². The van der Waals surface area contributed by atoms with Crippen LogP contribution >= 0.6 is 0 Å². The van der Waals surface area contributed by atoms with E-state index in [2.05, 4.69) is 0 Å². The Balaban J connectivity index is -0.00000000300. The van der Waals surface area contributed by atoms with Gasteiger partial charge in [0.2, 0.25) is 0 Å². The van der Waals surface area contributed by atoms with E-state index >= 15 is 0 Å². The van der Waals surface area contributed by atoms with E-state index in [1.165, 1.54) is 0 Å². The van der Waals surface area contributed by atoms with Crippen LogP contribution in [0.1, 0.15) is 0 Å². The average molecular weight is 315 g/mol. The molecular weight excluding hydrogens is 304 g/mol. The Labute approximate surface area is 85.7 Å². The molecule has 0 aliphatic carbocycles. The van der Waals surface area contributed by atoms with E-state index in [9.17, 15) is 0 Å². The molecule has 0 amide bonds. The Morgan fingerprint density at radius 1 is 0.800 bits per heavy atom. The van der Waals surface area contributed by atoms with Crippen LogP contribution < -0.4 is 0 Å². The average Bonchev–Trinajstić information content (AvgIpc) is 0.811. The molecule has 0 spiro atoms. The van der Waals surface area contributed by atoms with Gasteiger partial charge in [-0.2, -0.15) is 0 Å². The zero-order chi connectivity index (χ0) is 3.58. The molecule has 0 saturated heterocycles. The molecule has 0 saturated carbocycles. The minimum atomic E-state index is -1.75. The molecule has 0 aromatic rings. The van der Waals surface area contributed by atoms with Gasteiger partial charge < -0.3 is 42.7 Å². The first-order valence-electron chi connectivity index (χ1n) is 0.548. The van der Waals surface area contributed by atoms with Crippen LogP contribution in [-0.2, 0) is 0 Å². The first-order chi connectivity index (χ1) is 1.73. The number of nitrogens with zero attached hydrogens (tertiary/aromatic N) is 1. The molecule has 0 fully saturated rings. The van der Waals surface area contributed by atoms with Crippen molar-refractivity contribution in [2.75, 3.05) is 0 Å². The second-order valence-corrected chi connectivity index (χ2v) is 0.224. The van der Waals surface area contributed by atoms with Crippen LogP contribution in [0.4, 0.5) is 0 Å². The quantitative estimate of drug-likeness (QED) is 0.319. The molecule has 0 aromatic carbocycles. The summed E-state index contributed by atoms with van der Waals surface area (Å²) in [5.74, 6) is 0. The smallest absolute Gasteiger partial charge is 0.412 e. The van der Waals surface area contributed by atoms with E-state index in [0.29, 0.717) is 0 Å². The fraction of sp³-hybridized carbons (Fsp3) is 0. The summed E-state index contributed by atoms with van der Waals surface area (Å²) >= 11 is 0. The van der Waals surface area contributed by atoms with Gasteiger partial charge in [0.05, 0.1) is 5.09 Å². The van der Waals surface area contributed by atoms with Gasteiger partial charge in [-0.3, -0.25) is 0 Å². The van der Waals surface area contributed by atoms with E-state index in [1.54, 1.807) is 0 Å². The summed E-state index contributed by atoms with van der Waals surface area (Å²) in [6, 6.07) is 0. The Morgan fingerprint density at radius 3 is 0.800 bits per heavy atom. The maximum absolute atomic E-state index is 8.25. The van der Waals surface area contributed by atoms with Crippen molar-refractivity contribution in [1.29, 1.82) is 0 Å². The third-order valence-corrected chi connectivity index (χ3v) is 0. The Hall–Kier alpha value is 0.273. The SMILES string of the molecule is O.O.O.O.O.O=[N+]([O-])[O-].[Dy+3]. The zero-order valence-electron chi connectivity index (χ0n) is 4.49. The monoisotopic (exact) mass is 316 g/mol. The minimum absolute atomic E-state index is 0. The molecule has 10 N–H and O–H groups in total. The van der Waals surface area contributed by atoms with Crippen molar-refractivity contribution in [3.05, 3.63) is 15.3 Å². The van der Waals surface area contributed by atoms with Crippen molar-refractivity contribution in [1.82, 2.24) is 0 Å². The zero-order valence-corrected chi connectivity index (χ0v) is 6.52. The number of hydrogen-bond acceptors (Lipinski definition) is 3. The van der Waals surface area contributed by atoms with Crippen molar-refractivity contribution in [2.24, 2.45) is 0 Å². The Kier molecular flexibility index (Phi) is 489. The van der Waals surface area contributed by atoms with Crippen LogP contribution in [0, 0.1) is 53.5 Å². The van der Waals surface area contributed by atoms with E-state index < -0.39 is 5.09 Å². The molecule has 71 valence electrons. The van der Waals surface area contributed by atoms with Crippen molar-refractivity contribution >= 4 is 0 Å². The Morgan fingerprint density at radius 2 is 0.800 bits per heavy atom. The Bertz CT molecular complexity index is 32.2. The summed E-state index contributed by atoms with van der Waals surface area (Å²) in [4.78, 5) is 8.25. The van der Waals surface area contributed by atoms with Gasteiger partial charge in [0.1, 0.15) is 0 Å². The largest absolute Gasteiger partial charge is 3.00 e. The van der Waals surface area contributed by atoms with Gasteiger partial charge in [-0.15, -0.1) is 0 Å². The van der Waals surface area contributed by atoms with Gasteiger partial charge in [-0.05, 0) is 0 Å². The fourth-order valence-corrected chi connectivity index (χ4v) is 0. The molecule has 0 unspecified atom stereocenters. The number of hydrogen-bond donors (Lipinski definition) is 0. The predicted octanol–water partition coefficient (Wildman–Crippen LogP) is -4.36. The van der Waals surface area contributed by atoms with Crippen LogP contribution in [0.5, 0.6) is 0 Å². The topological polar surface area (TPSA) is 224 Å². The third-order valence-electron chi connectivity index (χ3n) is 0. The van der Waals surface area contributed by atoms with E-state index in [-0.39, 0.29) is 65.6 Å². The first-order valence-corrected chi connectivity index (χ1v) is 0.548. The van der Waals surface area contributed by atoms with Crippen LogP contribution in [0.25, 0.3) is 0 Å². The van der Waals surface area contributed by atoms with Gasteiger partial charge in [0.25, 0.3) is 0 Å². The summed E-state index contributed by atoms with van der Waals surface area (Å²) in [6.45, 7) is 0. The first kappa shape index (κ1) is 82.5. The second-order valence-electron chi connectivity index (χ2n) is 0.224. The standard InChI is InChI=1S/Dy.NO3.5H2O/c;2-1(3)4;;;;;/h;;5*1H2/q+3;-1;;;;;. The van der Waals surface area contributed by atoms with Gasteiger partial charge in [-0.25, -0.2) is 0 Å². The summed E-state index contributed by atoms with van der Waals surface area (Å²) in [5.41, 5.74) is 0. The van der Waals surface area contributed by atoms with Gasteiger partial charge in [0.15, 0.2) is 0 Å². The molecule has 1 radical (unpaired) electrons. The maximum atomic E-state index is 8.25. The molecule has 0 rings (SSSR count). The van der Waals surface area contributed by atoms with Crippen molar-refractivity contribution in [3.8, 4) is 0 Å². The van der Waals surface area contributed by atoms with Crippen molar-refractivity contribution in [2.45, 2.75) is 0 Å². The third kappa shape index (κ3) is 5880. The van der Waals surface area contributed by atoms with E-state index in [1.807, 2.05) is 0 Å². The molecule has 0 aromatic heterocycles. The molecule has 0 aliphatic rings. The molecular formula is H10DyNO8+2. The van der Waals surface area contributed by atoms with Gasteiger partial charge in [0, 0.05) is 0 Å². The molecule has 9 nitrogen and oxygen atoms in total.